The van der Waals surface area contributed by atoms with Crippen LogP contribution in [0.4, 0.5) is 4.79 Å². The maximum Gasteiger partial charge on any atom is 0.315 e. The average molecular weight is 349 g/mol. The van der Waals surface area contributed by atoms with E-state index in [0.29, 0.717) is 6.54 Å². The van der Waals surface area contributed by atoms with E-state index in [1.54, 1.807) is 18.7 Å². The van der Waals surface area contributed by atoms with Crippen molar-refractivity contribution in [3.63, 3.8) is 0 Å². The summed E-state index contributed by atoms with van der Waals surface area (Å²) in [5.41, 5.74) is 2.06. The molecule has 2 aromatic heterocycles. The van der Waals surface area contributed by atoms with Gasteiger partial charge in [-0.25, -0.2) is 14.8 Å². The van der Waals surface area contributed by atoms with Gasteiger partial charge < -0.3 is 10.6 Å². The lowest BCUT2D eigenvalue weighted by molar-refractivity contribution is 0.236. The van der Waals surface area contributed by atoms with Gasteiger partial charge in [-0.2, -0.15) is 0 Å². The van der Waals surface area contributed by atoms with Crippen molar-refractivity contribution < 1.29 is 4.79 Å². The second-order valence-corrected chi connectivity index (χ2v) is 6.07. The third kappa shape index (κ3) is 4.69. The number of rotatable bonds is 7. The van der Waals surface area contributed by atoms with E-state index in [1.165, 1.54) is 0 Å². The molecule has 2 N–H and O–H groups in total. The van der Waals surface area contributed by atoms with Crippen molar-refractivity contribution in [1.29, 1.82) is 0 Å². The fourth-order valence-corrected chi connectivity index (χ4v) is 2.76. The Labute approximate surface area is 153 Å². The second-order valence-electron chi connectivity index (χ2n) is 6.07. The van der Waals surface area contributed by atoms with E-state index in [0.717, 1.165) is 29.8 Å². The molecule has 0 saturated heterocycles. The Morgan fingerprint density at radius 2 is 2.04 bits per heavy atom. The summed E-state index contributed by atoms with van der Waals surface area (Å²) in [4.78, 5) is 20.7. The van der Waals surface area contributed by atoms with Gasteiger partial charge in [-0.3, -0.25) is 4.57 Å². The number of imidazole rings is 1. The molecule has 0 spiro atoms. The number of benzene rings is 1. The van der Waals surface area contributed by atoms with Crippen molar-refractivity contribution in [3.8, 4) is 5.82 Å². The van der Waals surface area contributed by atoms with Crippen molar-refractivity contribution in [3.05, 3.63) is 78.5 Å². The van der Waals surface area contributed by atoms with Crippen LogP contribution >= 0.6 is 0 Å². The van der Waals surface area contributed by atoms with Crippen LogP contribution in [-0.4, -0.2) is 20.6 Å². The standard InChI is InChI=1S/C20H23N5O/c1-2-6-18(17-7-4-3-5-8-17)24-20(26)23-14-16-9-10-19(22-13-16)25-12-11-21-15-25/h3-5,7-13,15,18H,2,6,14H2,1H3,(H2,23,24,26). The largest absolute Gasteiger partial charge is 0.334 e. The Hall–Kier alpha value is -3.15. The number of amides is 2. The molecule has 3 rings (SSSR count). The minimum Gasteiger partial charge on any atom is -0.334 e. The summed E-state index contributed by atoms with van der Waals surface area (Å²) in [5.74, 6) is 0.794. The molecule has 26 heavy (non-hydrogen) atoms. The van der Waals surface area contributed by atoms with Crippen LogP contribution in [0.3, 0.4) is 0 Å². The molecule has 0 bridgehead atoms. The summed E-state index contributed by atoms with van der Waals surface area (Å²) in [7, 11) is 0. The highest BCUT2D eigenvalue weighted by atomic mass is 16.2. The van der Waals surface area contributed by atoms with E-state index < -0.39 is 0 Å². The highest BCUT2D eigenvalue weighted by molar-refractivity contribution is 5.74. The molecular formula is C20H23N5O. The molecule has 6 heteroatoms. The summed E-state index contributed by atoms with van der Waals surface area (Å²) in [6, 6.07) is 13.7. The molecule has 1 aromatic carbocycles. The molecule has 2 amide bonds. The average Bonchev–Trinajstić information content (AvgIpc) is 3.22. The van der Waals surface area contributed by atoms with Gasteiger partial charge in [-0.05, 0) is 23.6 Å². The fraction of sp³-hybridized carbons (Fsp3) is 0.250. The van der Waals surface area contributed by atoms with Crippen LogP contribution in [-0.2, 0) is 6.54 Å². The number of nitrogens with one attached hydrogen (secondary N) is 2. The van der Waals surface area contributed by atoms with E-state index in [4.69, 9.17) is 0 Å². The quantitative estimate of drug-likeness (QED) is 0.684. The first-order valence-electron chi connectivity index (χ1n) is 8.79. The summed E-state index contributed by atoms with van der Waals surface area (Å²) in [5, 5.41) is 5.96. The van der Waals surface area contributed by atoms with E-state index in [-0.39, 0.29) is 12.1 Å². The third-order valence-corrected chi connectivity index (χ3v) is 4.12. The van der Waals surface area contributed by atoms with Crippen LogP contribution < -0.4 is 10.6 Å². The molecule has 0 aliphatic rings. The molecule has 6 nitrogen and oxygen atoms in total. The molecule has 2 heterocycles. The van der Waals surface area contributed by atoms with Gasteiger partial charge in [0, 0.05) is 25.1 Å². The van der Waals surface area contributed by atoms with Gasteiger partial charge >= 0.3 is 6.03 Å². The Bertz CT molecular complexity index is 800. The van der Waals surface area contributed by atoms with Gasteiger partial charge in [0.25, 0.3) is 0 Å². The van der Waals surface area contributed by atoms with Gasteiger partial charge in [-0.15, -0.1) is 0 Å². The van der Waals surface area contributed by atoms with Crippen LogP contribution in [0.2, 0.25) is 0 Å². The van der Waals surface area contributed by atoms with E-state index >= 15 is 0 Å². The zero-order valence-electron chi connectivity index (χ0n) is 14.8. The first-order valence-corrected chi connectivity index (χ1v) is 8.79. The van der Waals surface area contributed by atoms with Crippen molar-refractivity contribution >= 4 is 6.03 Å². The molecule has 134 valence electrons. The smallest absolute Gasteiger partial charge is 0.315 e. The monoisotopic (exact) mass is 349 g/mol. The lowest BCUT2D eigenvalue weighted by Gasteiger charge is -2.19. The van der Waals surface area contributed by atoms with Crippen LogP contribution in [0, 0.1) is 0 Å². The summed E-state index contributed by atoms with van der Waals surface area (Å²) >= 11 is 0. The van der Waals surface area contributed by atoms with Crippen LogP contribution in [0.5, 0.6) is 0 Å². The zero-order chi connectivity index (χ0) is 18.2. The van der Waals surface area contributed by atoms with Crippen molar-refractivity contribution in [2.75, 3.05) is 0 Å². The number of aromatic nitrogens is 3. The Balaban J connectivity index is 1.54. The molecule has 1 atom stereocenters. The van der Waals surface area contributed by atoms with Crippen LogP contribution in [0.15, 0.2) is 67.4 Å². The normalized spacial score (nSPS) is 11.7. The minimum absolute atomic E-state index is 0.0166. The predicted octanol–water partition coefficient (Wildman–Crippen LogP) is 3.61. The Kier molecular flexibility index (Phi) is 5.98. The number of pyridine rings is 1. The van der Waals surface area contributed by atoms with Gasteiger partial charge in [0.1, 0.15) is 12.1 Å². The van der Waals surface area contributed by atoms with Gasteiger partial charge in [0.05, 0.1) is 6.04 Å². The molecular weight excluding hydrogens is 326 g/mol. The number of nitrogens with zero attached hydrogens (tertiary/aromatic N) is 3. The number of hydrogen-bond donors (Lipinski definition) is 2. The summed E-state index contributed by atoms with van der Waals surface area (Å²) < 4.78 is 1.83. The lowest BCUT2D eigenvalue weighted by atomic mass is 10.0. The Morgan fingerprint density at radius 1 is 1.19 bits per heavy atom. The first kappa shape index (κ1) is 17.7. The molecule has 0 aliphatic heterocycles. The van der Waals surface area contributed by atoms with Crippen molar-refractivity contribution in [2.24, 2.45) is 0 Å². The first-order chi connectivity index (χ1) is 12.8. The van der Waals surface area contributed by atoms with Crippen molar-refractivity contribution in [2.45, 2.75) is 32.4 Å². The summed E-state index contributed by atoms with van der Waals surface area (Å²) in [6.45, 7) is 2.54. The molecule has 0 aliphatic carbocycles. The fourth-order valence-electron chi connectivity index (χ4n) is 2.76. The maximum atomic E-state index is 12.3. The number of hydrogen-bond acceptors (Lipinski definition) is 3. The van der Waals surface area contributed by atoms with Crippen molar-refractivity contribution in [1.82, 2.24) is 25.2 Å². The van der Waals surface area contributed by atoms with E-state index in [9.17, 15) is 4.79 Å². The lowest BCUT2D eigenvalue weighted by Crippen LogP contribution is -2.37. The van der Waals surface area contributed by atoms with Gasteiger partial charge in [0.2, 0.25) is 0 Å². The second kappa shape index (κ2) is 8.80. The van der Waals surface area contributed by atoms with Gasteiger partial charge in [0.15, 0.2) is 0 Å². The zero-order valence-corrected chi connectivity index (χ0v) is 14.8. The maximum absolute atomic E-state index is 12.3. The van der Waals surface area contributed by atoms with Crippen LogP contribution in [0.1, 0.15) is 36.9 Å². The third-order valence-electron chi connectivity index (χ3n) is 4.12. The molecule has 0 radical (unpaired) electrons. The van der Waals surface area contributed by atoms with Crippen LogP contribution in [0.25, 0.3) is 5.82 Å². The number of carbonyl (C=O) groups excluding carboxylic acids is 1. The molecule has 1 unspecified atom stereocenters. The Morgan fingerprint density at radius 3 is 2.69 bits per heavy atom. The topological polar surface area (TPSA) is 71.8 Å². The highest BCUT2D eigenvalue weighted by Crippen LogP contribution is 2.17. The predicted molar refractivity (Wildman–Crippen MR) is 101 cm³/mol. The highest BCUT2D eigenvalue weighted by Gasteiger charge is 2.13. The summed E-state index contributed by atoms with van der Waals surface area (Å²) in [6.07, 6.45) is 8.91. The molecule has 0 fully saturated rings. The van der Waals surface area contributed by atoms with E-state index in [1.807, 2.05) is 53.2 Å². The molecule has 3 aromatic rings. The van der Waals surface area contributed by atoms with E-state index in [2.05, 4.69) is 27.5 Å². The SMILES string of the molecule is CCCC(NC(=O)NCc1ccc(-n2ccnc2)nc1)c1ccccc1. The minimum atomic E-state index is -0.175. The number of urea groups is 1. The number of carbonyl (C=O) groups is 1. The van der Waals surface area contributed by atoms with Gasteiger partial charge in [-0.1, -0.05) is 49.7 Å². The molecule has 0 saturated carbocycles.